The number of sulfonamides is 1. The molecule has 0 aliphatic carbocycles. The molecule has 0 fully saturated rings. The van der Waals surface area contributed by atoms with Crippen LogP contribution in [0.2, 0.25) is 0 Å². The maximum atomic E-state index is 12.0. The summed E-state index contributed by atoms with van der Waals surface area (Å²) in [5.74, 6) is 0.695. The van der Waals surface area contributed by atoms with E-state index in [1.807, 2.05) is 6.92 Å². The molecule has 0 radical (unpaired) electrons. The van der Waals surface area contributed by atoms with Gasteiger partial charge in [-0.1, -0.05) is 19.8 Å². The van der Waals surface area contributed by atoms with Gasteiger partial charge in [0.25, 0.3) is 0 Å². The van der Waals surface area contributed by atoms with Gasteiger partial charge in [-0.15, -0.1) is 12.4 Å². The van der Waals surface area contributed by atoms with Crippen LogP contribution >= 0.6 is 12.4 Å². The van der Waals surface area contributed by atoms with Crippen molar-refractivity contribution >= 4 is 22.4 Å². The number of hydrogen-bond acceptors (Lipinski definition) is 4. The molecular formula is C15H27ClN2O3S. The molecule has 1 aromatic carbocycles. The van der Waals surface area contributed by atoms with Crippen molar-refractivity contribution < 1.29 is 13.2 Å². The smallest absolute Gasteiger partial charge is 0.240 e. The predicted octanol–water partition coefficient (Wildman–Crippen LogP) is 2.69. The molecule has 0 saturated heterocycles. The first kappa shape index (κ1) is 21.2. The molecule has 1 rings (SSSR count). The van der Waals surface area contributed by atoms with E-state index in [2.05, 4.69) is 11.6 Å². The first-order valence-electron chi connectivity index (χ1n) is 7.44. The third-order valence-electron chi connectivity index (χ3n) is 3.04. The van der Waals surface area contributed by atoms with Crippen LogP contribution in [-0.2, 0) is 10.0 Å². The SMILES string of the molecule is CCCCCOc1ccc(S(=O)(=O)NCCC(C)N)cc1.Cl. The molecule has 1 atom stereocenters. The van der Waals surface area contributed by atoms with Gasteiger partial charge in [-0.05, 0) is 44.0 Å². The molecule has 5 nitrogen and oxygen atoms in total. The summed E-state index contributed by atoms with van der Waals surface area (Å²) in [6, 6.07) is 6.47. The Morgan fingerprint density at radius 2 is 1.86 bits per heavy atom. The highest BCUT2D eigenvalue weighted by molar-refractivity contribution is 7.89. The van der Waals surface area contributed by atoms with Crippen molar-refractivity contribution in [2.45, 2.75) is 50.5 Å². The number of ether oxygens (including phenoxy) is 1. The Hall–Kier alpha value is -0.820. The van der Waals surface area contributed by atoms with Crippen molar-refractivity contribution in [2.75, 3.05) is 13.2 Å². The topological polar surface area (TPSA) is 81.4 Å². The molecular weight excluding hydrogens is 324 g/mol. The summed E-state index contributed by atoms with van der Waals surface area (Å²) < 4.78 is 32.2. The molecule has 0 aromatic heterocycles. The first-order valence-corrected chi connectivity index (χ1v) is 8.92. The molecule has 1 unspecified atom stereocenters. The minimum Gasteiger partial charge on any atom is -0.494 e. The Morgan fingerprint density at radius 1 is 1.23 bits per heavy atom. The lowest BCUT2D eigenvalue weighted by Gasteiger charge is -2.09. The first-order chi connectivity index (χ1) is 9.95. The highest BCUT2D eigenvalue weighted by Gasteiger charge is 2.13. The lowest BCUT2D eigenvalue weighted by atomic mass is 10.3. The summed E-state index contributed by atoms with van der Waals surface area (Å²) in [6.07, 6.45) is 3.90. The highest BCUT2D eigenvalue weighted by atomic mass is 35.5. The van der Waals surface area contributed by atoms with E-state index in [9.17, 15) is 8.42 Å². The Morgan fingerprint density at radius 3 is 2.41 bits per heavy atom. The van der Waals surface area contributed by atoms with Gasteiger partial charge in [-0.25, -0.2) is 13.1 Å². The van der Waals surface area contributed by atoms with Crippen molar-refractivity contribution in [1.82, 2.24) is 4.72 Å². The minimum absolute atomic E-state index is 0. The maximum Gasteiger partial charge on any atom is 0.240 e. The summed E-state index contributed by atoms with van der Waals surface area (Å²) in [6.45, 7) is 4.99. The van der Waals surface area contributed by atoms with E-state index >= 15 is 0 Å². The van der Waals surface area contributed by atoms with Crippen LogP contribution in [0.3, 0.4) is 0 Å². The normalized spacial score (nSPS) is 12.5. The fourth-order valence-corrected chi connectivity index (χ4v) is 2.81. The van der Waals surface area contributed by atoms with E-state index in [1.54, 1.807) is 24.3 Å². The lowest BCUT2D eigenvalue weighted by molar-refractivity contribution is 0.306. The van der Waals surface area contributed by atoms with Crippen LogP contribution in [0, 0.1) is 0 Å². The number of benzene rings is 1. The molecule has 0 aliphatic rings. The van der Waals surface area contributed by atoms with E-state index in [4.69, 9.17) is 10.5 Å². The van der Waals surface area contributed by atoms with E-state index in [1.165, 1.54) is 0 Å². The molecule has 0 aliphatic heterocycles. The third-order valence-corrected chi connectivity index (χ3v) is 4.52. The molecule has 0 spiro atoms. The number of hydrogen-bond donors (Lipinski definition) is 2. The van der Waals surface area contributed by atoms with Gasteiger partial charge in [-0.2, -0.15) is 0 Å². The fourth-order valence-electron chi connectivity index (χ4n) is 1.76. The fraction of sp³-hybridized carbons (Fsp3) is 0.600. The van der Waals surface area contributed by atoms with Gasteiger partial charge in [0.2, 0.25) is 10.0 Å². The Kier molecular flexibility index (Phi) is 10.4. The molecule has 7 heteroatoms. The number of nitrogens with one attached hydrogen (secondary N) is 1. The van der Waals surface area contributed by atoms with Crippen LogP contribution in [-0.4, -0.2) is 27.6 Å². The summed E-state index contributed by atoms with van der Waals surface area (Å²) in [7, 11) is -3.46. The van der Waals surface area contributed by atoms with Crippen molar-refractivity contribution in [3.8, 4) is 5.75 Å². The van der Waals surface area contributed by atoms with Crippen LogP contribution in [0.25, 0.3) is 0 Å². The quantitative estimate of drug-likeness (QED) is 0.636. The number of halogens is 1. The largest absolute Gasteiger partial charge is 0.494 e. The van der Waals surface area contributed by atoms with Gasteiger partial charge in [-0.3, -0.25) is 0 Å². The molecule has 0 saturated carbocycles. The second-order valence-corrected chi connectivity index (χ2v) is 6.96. The minimum atomic E-state index is -3.46. The molecule has 0 amide bonds. The van der Waals surface area contributed by atoms with Crippen molar-refractivity contribution in [1.29, 1.82) is 0 Å². The second kappa shape index (κ2) is 10.8. The molecule has 128 valence electrons. The predicted molar refractivity (Wildman–Crippen MR) is 92.2 cm³/mol. The van der Waals surface area contributed by atoms with Crippen LogP contribution in [0.5, 0.6) is 5.75 Å². The molecule has 0 heterocycles. The average Bonchev–Trinajstić information content (AvgIpc) is 2.43. The summed E-state index contributed by atoms with van der Waals surface area (Å²) >= 11 is 0. The Bertz CT molecular complexity index is 504. The van der Waals surface area contributed by atoms with Crippen molar-refractivity contribution in [3.05, 3.63) is 24.3 Å². The van der Waals surface area contributed by atoms with Gasteiger partial charge in [0.1, 0.15) is 5.75 Å². The summed E-state index contributed by atoms with van der Waals surface area (Å²) in [5, 5.41) is 0. The number of nitrogens with two attached hydrogens (primary N) is 1. The van der Waals surface area contributed by atoms with Gasteiger partial charge in [0.05, 0.1) is 11.5 Å². The summed E-state index contributed by atoms with van der Waals surface area (Å²) in [4.78, 5) is 0.244. The van der Waals surface area contributed by atoms with Crippen molar-refractivity contribution in [3.63, 3.8) is 0 Å². The monoisotopic (exact) mass is 350 g/mol. The van der Waals surface area contributed by atoms with Crippen LogP contribution in [0.4, 0.5) is 0 Å². The highest BCUT2D eigenvalue weighted by Crippen LogP contribution is 2.16. The molecule has 0 bridgehead atoms. The molecule has 3 N–H and O–H groups in total. The van der Waals surface area contributed by atoms with Gasteiger partial charge in [0, 0.05) is 12.6 Å². The van der Waals surface area contributed by atoms with Crippen LogP contribution in [0.1, 0.15) is 39.5 Å². The van der Waals surface area contributed by atoms with Gasteiger partial charge < -0.3 is 10.5 Å². The molecule has 1 aromatic rings. The van der Waals surface area contributed by atoms with Crippen LogP contribution < -0.4 is 15.2 Å². The summed E-state index contributed by atoms with van der Waals surface area (Å²) in [5.41, 5.74) is 5.60. The molecule has 22 heavy (non-hydrogen) atoms. The number of rotatable bonds is 10. The zero-order valence-corrected chi connectivity index (χ0v) is 14.9. The number of unbranched alkanes of at least 4 members (excludes halogenated alkanes) is 2. The van der Waals surface area contributed by atoms with E-state index in [0.717, 1.165) is 19.3 Å². The Balaban J connectivity index is 0.00000441. The van der Waals surface area contributed by atoms with E-state index in [0.29, 0.717) is 25.3 Å². The maximum absolute atomic E-state index is 12.0. The zero-order chi connectivity index (χ0) is 15.7. The Labute approximate surface area is 140 Å². The average molecular weight is 351 g/mol. The standard InChI is InChI=1S/C15H26N2O3S.ClH/c1-3-4-5-12-20-14-6-8-15(9-7-14)21(18,19)17-11-10-13(2)16;/h6-9,13,17H,3-5,10-12,16H2,1-2H3;1H. The van der Waals surface area contributed by atoms with E-state index < -0.39 is 10.0 Å². The van der Waals surface area contributed by atoms with Gasteiger partial charge in [0.15, 0.2) is 0 Å². The van der Waals surface area contributed by atoms with Crippen molar-refractivity contribution in [2.24, 2.45) is 5.73 Å². The van der Waals surface area contributed by atoms with Gasteiger partial charge >= 0.3 is 0 Å². The third kappa shape index (κ3) is 7.98. The lowest BCUT2D eigenvalue weighted by Crippen LogP contribution is -2.29. The second-order valence-electron chi connectivity index (χ2n) is 5.19. The van der Waals surface area contributed by atoms with E-state index in [-0.39, 0.29) is 23.3 Å². The zero-order valence-electron chi connectivity index (χ0n) is 13.2. The van der Waals surface area contributed by atoms with Crippen LogP contribution in [0.15, 0.2) is 29.2 Å².